The Balaban J connectivity index is 1.90. The highest BCUT2D eigenvalue weighted by Gasteiger charge is 2.03. The van der Waals surface area contributed by atoms with Crippen LogP contribution in [0.1, 0.15) is 51.0 Å². The number of aromatic hydroxyl groups is 1. The Kier molecular flexibility index (Phi) is 6.26. The number of aliphatic imine (C=N–C) groups is 1. The lowest BCUT2D eigenvalue weighted by Gasteiger charge is -2.04. The van der Waals surface area contributed by atoms with E-state index >= 15 is 0 Å². The predicted molar refractivity (Wildman–Crippen MR) is 91.4 cm³/mol. The van der Waals surface area contributed by atoms with Crippen LogP contribution < -0.4 is 0 Å². The monoisotopic (exact) mass is 283 g/mol. The number of fused-ring (bicyclic) bond motifs is 1. The van der Waals surface area contributed by atoms with E-state index in [1.165, 1.54) is 32.1 Å². The van der Waals surface area contributed by atoms with E-state index in [0.717, 1.165) is 29.3 Å². The topological polar surface area (TPSA) is 32.6 Å². The molecule has 0 aliphatic heterocycles. The SMILES string of the molecule is CCCCCCCCN=Cc1c(O)ccc2ccccc12. The second-order valence-corrected chi connectivity index (χ2v) is 5.52. The Morgan fingerprint density at radius 1 is 0.952 bits per heavy atom. The molecule has 0 aromatic heterocycles. The molecule has 0 radical (unpaired) electrons. The average Bonchev–Trinajstić information content (AvgIpc) is 2.51. The quantitative estimate of drug-likeness (QED) is 0.516. The van der Waals surface area contributed by atoms with E-state index in [0.29, 0.717) is 5.75 Å². The van der Waals surface area contributed by atoms with Crippen molar-refractivity contribution in [2.24, 2.45) is 4.99 Å². The zero-order valence-corrected chi connectivity index (χ0v) is 12.9. The van der Waals surface area contributed by atoms with Gasteiger partial charge in [0, 0.05) is 18.3 Å². The van der Waals surface area contributed by atoms with Crippen LogP contribution in [-0.2, 0) is 0 Å². The molecule has 0 bridgehead atoms. The number of phenols is 1. The Hall–Kier alpha value is -1.83. The highest BCUT2D eigenvalue weighted by atomic mass is 16.3. The Bertz CT molecular complexity index is 589. The summed E-state index contributed by atoms with van der Waals surface area (Å²) in [6.07, 6.45) is 9.48. The van der Waals surface area contributed by atoms with Gasteiger partial charge in [0.15, 0.2) is 0 Å². The number of nitrogens with zero attached hydrogens (tertiary/aromatic N) is 1. The van der Waals surface area contributed by atoms with Gasteiger partial charge < -0.3 is 5.11 Å². The fourth-order valence-electron chi connectivity index (χ4n) is 2.56. The summed E-state index contributed by atoms with van der Waals surface area (Å²) in [5.74, 6) is 0.306. The summed E-state index contributed by atoms with van der Waals surface area (Å²) in [5, 5.41) is 12.2. The molecule has 0 unspecified atom stereocenters. The van der Waals surface area contributed by atoms with Crippen molar-refractivity contribution in [3.05, 3.63) is 42.0 Å². The normalized spacial score (nSPS) is 11.5. The number of benzene rings is 2. The number of unbranched alkanes of at least 4 members (excludes halogenated alkanes) is 5. The van der Waals surface area contributed by atoms with Gasteiger partial charge >= 0.3 is 0 Å². The molecule has 0 spiro atoms. The lowest BCUT2D eigenvalue weighted by atomic mass is 10.0. The number of hydrogen-bond donors (Lipinski definition) is 1. The van der Waals surface area contributed by atoms with Crippen LogP contribution in [0.2, 0.25) is 0 Å². The molecule has 0 atom stereocenters. The van der Waals surface area contributed by atoms with Gasteiger partial charge in [0.05, 0.1) is 0 Å². The first kappa shape index (κ1) is 15.6. The Labute approximate surface area is 127 Å². The van der Waals surface area contributed by atoms with E-state index in [4.69, 9.17) is 0 Å². The summed E-state index contributed by atoms with van der Waals surface area (Å²) < 4.78 is 0. The molecule has 1 N–H and O–H groups in total. The van der Waals surface area contributed by atoms with Crippen molar-refractivity contribution in [1.82, 2.24) is 0 Å². The molecule has 0 heterocycles. The fraction of sp³-hybridized carbons (Fsp3) is 0.421. The molecule has 0 aliphatic carbocycles. The number of rotatable bonds is 8. The first-order chi connectivity index (χ1) is 10.3. The molecular weight excluding hydrogens is 258 g/mol. The number of hydrogen-bond acceptors (Lipinski definition) is 2. The van der Waals surface area contributed by atoms with Crippen LogP contribution in [0.5, 0.6) is 5.75 Å². The summed E-state index contributed by atoms with van der Waals surface area (Å²) in [7, 11) is 0. The van der Waals surface area contributed by atoms with E-state index < -0.39 is 0 Å². The molecule has 112 valence electrons. The van der Waals surface area contributed by atoms with Gasteiger partial charge in [0.1, 0.15) is 5.75 Å². The third kappa shape index (κ3) is 4.59. The molecule has 2 aromatic rings. The lowest BCUT2D eigenvalue weighted by molar-refractivity contribution is 0.475. The zero-order chi connectivity index (χ0) is 14.9. The summed E-state index contributed by atoms with van der Waals surface area (Å²) in [4.78, 5) is 4.49. The van der Waals surface area contributed by atoms with Crippen molar-refractivity contribution in [2.45, 2.75) is 45.4 Å². The maximum absolute atomic E-state index is 10.0. The second kappa shape index (κ2) is 8.46. The van der Waals surface area contributed by atoms with Gasteiger partial charge in [0.2, 0.25) is 0 Å². The highest BCUT2D eigenvalue weighted by molar-refractivity contribution is 6.02. The van der Waals surface area contributed by atoms with Crippen LogP contribution in [0, 0.1) is 0 Å². The molecule has 0 saturated heterocycles. The van der Waals surface area contributed by atoms with Gasteiger partial charge in [-0.3, -0.25) is 4.99 Å². The highest BCUT2D eigenvalue weighted by Crippen LogP contribution is 2.25. The summed E-state index contributed by atoms with van der Waals surface area (Å²) in [6, 6.07) is 11.8. The molecule has 2 rings (SSSR count). The molecule has 0 amide bonds. The van der Waals surface area contributed by atoms with E-state index in [1.807, 2.05) is 30.5 Å². The zero-order valence-electron chi connectivity index (χ0n) is 12.9. The summed E-state index contributed by atoms with van der Waals surface area (Å²) in [6.45, 7) is 3.08. The molecule has 2 nitrogen and oxygen atoms in total. The van der Waals surface area contributed by atoms with Gasteiger partial charge in [0.25, 0.3) is 0 Å². The van der Waals surface area contributed by atoms with Gasteiger partial charge in [-0.25, -0.2) is 0 Å². The van der Waals surface area contributed by atoms with E-state index in [1.54, 1.807) is 6.07 Å². The molecule has 0 fully saturated rings. The molecule has 0 saturated carbocycles. The minimum absolute atomic E-state index is 0.306. The average molecular weight is 283 g/mol. The Morgan fingerprint density at radius 2 is 1.71 bits per heavy atom. The predicted octanol–water partition coefficient (Wildman–Crippen LogP) is 5.32. The van der Waals surface area contributed by atoms with Gasteiger partial charge in [-0.05, 0) is 23.3 Å². The molecule has 0 aliphatic rings. The minimum atomic E-state index is 0.306. The van der Waals surface area contributed by atoms with Crippen molar-refractivity contribution in [1.29, 1.82) is 0 Å². The molecule has 2 heteroatoms. The van der Waals surface area contributed by atoms with Crippen LogP contribution in [0.3, 0.4) is 0 Å². The third-order valence-electron chi connectivity index (χ3n) is 3.81. The van der Waals surface area contributed by atoms with Crippen LogP contribution in [-0.4, -0.2) is 17.9 Å². The van der Waals surface area contributed by atoms with Gasteiger partial charge in [-0.2, -0.15) is 0 Å². The fourth-order valence-corrected chi connectivity index (χ4v) is 2.56. The first-order valence-electron chi connectivity index (χ1n) is 8.03. The van der Waals surface area contributed by atoms with E-state index in [-0.39, 0.29) is 0 Å². The lowest BCUT2D eigenvalue weighted by Crippen LogP contribution is -1.89. The smallest absolute Gasteiger partial charge is 0.124 e. The van der Waals surface area contributed by atoms with Gasteiger partial charge in [-0.1, -0.05) is 69.4 Å². The van der Waals surface area contributed by atoms with Crippen molar-refractivity contribution in [3.8, 4) is 5.75 Å². The number of phenolic OH excluding ortho intramolecular Hbond substituents is 1. The minimum Gasteiger partial charge on any atom is -0.507 e. The second-order valence-electron chi connectivity index (χ2n) is 5.52. The standard InChI is InChI=1S/C19H25NO/c1-2-3-4-5-6-9-14-20-15-18-17-11-8-7-10-16(17)12-13-19(18)21/h7-8,10-13,15,21H,2-6,9,14H2,1H3. The molecular formula is C19H25NO. The van der Waals surface area contributed by atoms with Crippen molar-refractivity contribution in [3.63, 3.8) is 0 Å². The van der Waals surface area contributed by atoms with Crippen molar-refractivity contribution < 1.29 is 5.11 Å². The molecule has 21 heavy (non-hydrogen) atoms. The van der Waals surface area contributed by atoms with Crippen LogP contribution in [0.25, 0.3) is 10.8 Å². The molecule has 2 aromatic carbocycles. The Morgan fingerprint density at radius 3 is 2.57 bits per heavy atom. The summed E-state index contributed by atoms with van der Waals surface area (Å²) in [5.41, 5.74) is 0.832. The largest absolute Gasteiger partial charge is 0.507 e. The van der Waals surface area contributed by atoms with Crippen LogP contribution in [0.4, 0.5) is 0 Å². The third-order valence-corrected chi connectivity index (χ3v) is 3.81. The maximum atomic E-state index is 10.0. The van der Waals surface area contributed by atoms with Crippen LogP contribution >= 0.6 is 0 Å². The van der Waals surface area contributed by atoms with Crippen LogP contribution in [0.15, 0.2) is 41.4 Å². The van der Waals surface area contributed by atoms with E-state index in [2.05, 4.69) is 18.0 Å². The maximum Gasteiger partial charge on any atom is 0.124 e. The van der Waals surface area contributed by atoms with Crippen molar-refractivity contribution >= 4 is 17.0 Å². The van der Waals surface area contributed by atoms with Crippen molar-refractivity contribution in [2.75, 3.05) is 6.54 Å². The first-order valence-corrected chi connectivity index (χ1v) is 8.03. The summed E-state index contributed by atoms with van der Waals surface area (Å²) >= 11 is 0. The van der Waals surface area contributed by atoms with Gasteiger partial charge in [-0.15, -0.1) is 0 Å². The van der Waals surface area contributed by atoms with E-state index in [9.17, 15) is 5.11 Å².